The van der Waals surface area contributed by atoms with E-state index in [9.17, 15) is 9.59 Å². The normalized spacial score (nSPS) is 11.2. The van der Waals surface area contributed by atoms with Crippen LogP contribution in [-0.4, -0.2) is 26.2 Å². The maximum atomic E-state index is 14.0. The predicted octanol–water partition coefficient (Wildman–Crippen LogP) is 10.6. The Morgan fingerprint density at radius 1 is 0.588 bits per heavy atom. The van der Waals surface area contributed by atoms with Crippen molar-refractivity contribution in [2.24, 2.45) is 0 Å². The number of Topliss-reactive ketones (excluding diaryl/α,β-unsaturated/α-hetero) is 1. The van der Waals surface area contributed by atoms with E-state index in [-0.39, 0.29) is 11.7 Å². The number of nitrogens with zero attached hydrogens (tertiary/aromatic N) is 3. The third-order valence-electron chi connectivity index (χ3n) is 9.54. The van der Waals surface area contributed by atoms with Gasteiger partial charge in [0.05, 0.1) is 27.8 Å². The first-order valence-electron chi connectivity index (χ1n) is 16.9. The summed E-state index contributed by atoms with van der Waals surface area (Å²) in [5.41, 5.74) is 12.4. The summed E-state index contributed by atoms with van der Waals surface area (Å²) in [6.45, 7) is 5.65. The molecule has 0 aliphatic rings. The number of aryl methyl sites for hydroxylation is 2. The molecule has 5 aromatic carbocycles. The molecule has 0 unspecified atom stereocenters. The number of ketones is 1. The van der Waals surface area contributed by atoms with Gasteiger partial charge in [0, 0.05) is 41.2 Å². The van der Waals surface area contributed by atoms with Crippen LogP contribution in [0.15, 0.2) is 146 Å². The number of hydrogen-bond acceptors (Lipinski definition) is 4. The highest BCUT2D eigenvalue weighted by Crippen LogP contribution is 2.39. The van der Waals surface area contributed by atoms with Crippen molar-refractivity contribution in [1.29, 1.82) is 0 Å². The highest BCUT2D eigenvalue weighted by molar-refractivity contribution is 6.16. The number of carbonyl (C=O) groups excluding carboxylic acids is 2. The van der Waals surface area contributed by atoms with Gasteiger partial charge in [0.1, 0.15) is 0 Å². The summed E-state index contributed by atoms with van der Waals surface area (Å²) < 4.78 is 2.11. The Kier molecular flexibility index (Phi) is 8.05. The highest BCUT2D eigenvalue weighted by Gasteiger charge is 2.23. The quantitative estimate of drug-likeness (QED) is 0.172. The number of hydrogen-bond donors (Lipinski definition) is 1. The number of aromatic nitrogens is 3. The lowest BCUT2D eigenvalue weighted by Gasteiger charge is -2.16. The molecule has 1 amide bonds. The van der Waals surface area contributed by atoms with Crippen LogP contribution in [0.3, 0.4) is 0 Å². The zero-order chi connectivity index (χ0) is 35.1. The average molecular weight is 663 g/mol. The van der Waals surface area contributed by atoms with Gasteiger partial charge < -0.3 is 9.88 Å². The molecule has 6 heteroatoms. The summed E-state index contributed by atoms with van der Waals surface area (Å²) in [5.74, 6) is -0.546. The number of carbonyl (C=O) groups is 2. The molecule has 246 valence electrons. The second kappa shape index (κ2) is 13.0. The smallest absolute Gasteiger partial charge is 0.256 e. The number of rotatable bonds is 7. The molecule has 0 aliphatic heterocycles. The van der Waals surface area contributed by atoms with Crippen molar-refractivity contribution < 1.29 is 9.59 Å². The molecule has 8 aromatic rings. The van der Waals surface area contributed by atoms with Gasteiger partial charge in [0.25, 0.3) is 5.91 Å². The van der Waals surface area contributed by atoms with E-state index in [1.54, 1.807) is 6.07 Å². The van der Waals surface area contributed by atoms with Gasteiger partial charge >= 0.3 is 0 Å². The van der Waals surface area contributed by atoms with E-state index in [1.165, 1.54) is 6.92 Å². The third kappa shape index (κ3) is 5.77. The summed E-state index contributed by atoms with van der Waals surface area (Å²) in [6.07, 6.45) is 7.38. The number of fused-ring (bicyclic) bond motifs is 3. The van der Waals surface area contributed by atoms with E-state index >= 15 is 0 Å². The van der Waals surface area contributed by atoms with Gasteiger partial charge in [-0.1, -0.05) is 60.7 Å². The molecule has 51 heavy (non-hydrogen) atoms. The lowest BCUT2D eigenvalue weighted by atomic mass is 9.98. The molecule has 6 nitrogen and oxygen atoms in total. The standard InChI is InChI=1S/C45H34N4O2/c1-28-26-46-21-19-36(28)33-15-17-41-39(24-33)40-25-34(37-20-22-47-27-29(37)2)16-18-42(40)49(41)43-14-8-13-38(44(43)30(3)50)45(51)48-35-12-7-11-32(23-35)31-9-5-4-6-10-31/h4-27H,1-3H3,(H,48,51). The molecule has 0 atom stereocenters. The van der Waals surface area contributed by atoms with Crippen LogP contribution in [0.4, 0.5) is 5.69 Å². The summed E-state index contributed by atoms with van der Waals surface area (Å²) in [7, 11) is 0. The van der Waals surface area contributed by atoms with Gasteiger partial charge in [-0.25, -0.2) is 0 Å². The van der Waals surface area contributed by atoms with Crippen LogP contribution in [-0.2, 0) is 0 Å². The zero-order valence-corrected chi connectivity index (χ0v) is 28.5. The average Bonchev–Trinajstić information content (AvgIpc) is 3.48. The Hall–Kier alpha value is -6.66. The third-order valence-corrected chi connectivity index (χ3v) is 9.54. The monoisotopic (exact) mass is 662 g/mol. The van der Waals surface area contributed by atoms with Gasteiger partial charge in [0.2, 0.25) is 0 Å². The van der Waals surface area contributed by atoms with Crippen molar-refractivity contribution in [3.05, 3.63) is 168 Å². The van der Waals surface area contributed by atoms with Crippen LogP contribution in [0, 0.1) is 13.8 Å². The van der Waals surface area contributed by atoms with Crippen LogP contribution < -0.4 is 5.32 Å². The molecule has 0 saturated carbocycles. The molecular weight excluding hydrogens is 629 g/mol. The minimum atomic E-state index is -0.348. The fraction of sp³-hybridized carbons (Fsp3) is 0.0667. The maximum Gasteiger partial charge on any atom is 0.256 e. The van der Waals surface area contributed by atoms with E-state index in [1.807, 2.05) is 104 Å². The van der Waals surface area contributed by atoms with E-state index in [2.05, 4.69) is 70.1 Å². The topological polar surface area (TPSA) is 76.9 Å². The largest absolute Gasteiger partial charge is 0.322 e. The molecule has 0 spiro atoms. The van der Waals surface area contributed by atoms with E-state index in [0.29, 0.717) is 22.5 Å². The number of pyridine rings is 2. The Bertz CT molecular complexity index is 2540. The van der Waals surface area contributed by atoms with Gasteiger partial charge in [0.15, 0.2) is 5.78 Å². The lowest BCUT2D eigenvalue weighted by Crippen LogP contribution is -2.18. The molecule has 1 N–H and O–H groups in total. The van der Waals surface area contributed by atoms with E-state index in [0.717, 1.165) is 66.3 Å². The molecule has 3 heterocycles. The van der Waals surface area contributed by atoms with Crippen molar-refractivity contribution in [2.45, 2.75) is 20.8 Å². The van der Waals surface area contributed by atoms with Crippen molar-refractivity contribution in [3.8, 4) is 39.1 Å². The second-order valence-electron chi connectivity index (χ2n) is 12.8. The molecular formula is C45H34N4O2. The zero-order valence-electron chi connectivity index (χ0n) is 28.5. The van der Waals surface area contributed by atoms with Crippen LogP contribution in [0.5, 0.6) is 0 Å². The summed E-state index contributed by atoms with van der Waals surface area (Å²) >= 11 is 0. The second-order valence-corrected chi connectivity index (χ2v) is 12.8. The number of amides is 1. The first-order chi connectivity index (χ1) is 24.9. The molecule has 3 aromatic heterocycles. The Morgan fingerprint density at radius 2 is 1.18 bits per heavy atom. The van der Waals surface area contributed by atoms with Gasteiger partial charge in [-0.2, -0.15) is 0 Å². The Balaban J connectivity index is 1.30. The van der Waals surface area contributed by atoms with Crippen LogP contribution >= 0.6 is 0 Å². The first-order valence-corrected chi connectivity index (χ1v) is 16.9. The fourth-order valence-corrected chi connectivity index (χ4v) is 7.10. The number of nitrogens with one attached hydrogen (secondary N) is 1. The van der Waals surface area contributed by atoms with Gasteiger partial charge in [-0.15, -0.1) is 0 Å². The molecule has 8 rings (SSSR count). The molecule has 0 bridgehead atoms. The molecule has 0 fully saturated rings. The molecule has 0 saturated heterocycles. The number of anilines is 1. The van der Waals surface area contributed by atoms with Gasteiger partial charge in [-0.3, -0.25) is 19.6 Å². The van der Waals surface area contributed by atoms with Gasteiger partial charge in [-0.05, 0) is 126 Å². The number of benzene rings is 5. The highest BCUT2D eigenvalue weighted by atomic mass is 16.2. The van der Waals surface area contributed by atoms with E-state index in [4.69, 9.17) is 0 Å². The molecule has 0 radical (unpaired) electrons. The minimum absolute atomic E-state index is 0.197. The van der Waals surface area contributed by atoms with Crippen LogP contribution in [0.1, 0.15) is 38.8 Å². The van der Waals surface area contributed by atoms with Crippen LogP contribution in [0.2, 0.25) is 0 Å². The SMILES string of the molecule is CC(=O)c1c(C(=O)Nc2cccc(-c3ccccc3)c2)cccc1-n1c2ccc(-c3ccncc3C)cc2c2cc(-c3ccncc3C)ccc21. The fourth-order valence-electron chi connectivity index (χ4n) is 7.10. The van der Waals surface area contributed by atoms with Crippen molar-refractivity contribution in [1.82, 2.24) is 14.5 Å². The molecule has 0 aliphatic carbocycles. The summed E-state index contributed by atoms with van der Waals surface area (Å²) in [6, 6.07) is 40.2. The lowest BCUT2D eigenvalue weighted by molar-refractivity contribution is 0.0985. The van der Waals surface area contributed by atoms with Crippen molar-refractivity contribution in [2.75, 3.05) is 5.32 Å². The van der Waals surface area contributed by atoms with Crippen molar-refractivity contribution >= 4 is 39.2 Å². The summed E-state index contributed by atoms with van der Waals surface area (Å²) in [4.78, 5) is 36.2. The Labute approximate surface area is 296 Å². The Morgan fingerprint density at radius 3 is 1.76 bits per heavy atom. The first kappa shape index (κ1) is 31.6. The predicted molar refractivity (Wildman–Crippen MR) is 207 cm³/mol. The summed E-state index contributed by atoms with van der Waals surface area (Å²) in [5, 5.41) is 5.13. The van der Waals surface area contributed by atoms with E-state index < -0.39 is 0 Å². The maximum absolute atomic E-state index is 14.0. The minimum Gasteiger partial charge on any atom is -0.322 e. The van der Waals surface area contributed by atoms with Crippen molar-refractivity contribution in [3.63, 3.8) is 0 Å². The van der Waals surface area contributed by atoms with Crippen LogP contribution in [0.25, 0.3) is 60.9 Å².